The zero-order valence-corrected chi connectivity index (χ0v) is 11.0. The highest BCUT2D eigenvalue weighted by Crippen LogP contribution is 2.29. The normalized spacial score (nSPS) is 9.89. The molecule has 2 aromatic rings. The third-order valence-electron chi connectivity index (χ3n) is 2.61. The zero-order valence-electron chi connectivity index (χ0n) is 10.2. The molecular formula is C15H12ClNO. The molecule has 0 saturated heterocycles. The summed E-state index contributed by atoms with van der Waals surface area (Å²) < 4.78 is 5.79. The number of hydrogen-bond acceptors (Lipinski definition) is 2. The van der Waals surface area contributed by atoms with Crippen molar-refractivity contribution in [3.8, 4) is 17.6 Å². The van der Waals surface area contributed by atoms with Crippen molar-refractivity contribution in [2.24, 2.45) is 0 Å². The van der Waals surface area contributed by atoms with E-state index in [1.165, 1.54) is 0 Å². The van der Waals surface area contributed by atoms with Crippen molar-refractivity contribution >= 4 is 11.6 Å². The van der Waals surface area contributed by atoms with Crippen LogP contribution in [0.3, 0.4) is 0 Å². The predicted octanol–water partition coefficient (Wildman–Crippen LogP) is 4.62. The monoisotopic (exact) mass is 257 g/mol. The number of halogens is 1. The minimum absolute atomic E-state index is 0.523. The second-order valence-electron chi connectivity index (χ2n) is 4.12. The molecule has 2 aromatic carbocycles. The molecule has 0 aliphatic heterocycles. The highest BCUT2D eigenvalue weighted by molar-refractivity contribution is 6.30. The summed E-state index contributed by atoms with van der Waals surface area (Å²) in [6, 6.07) is 13.0. The molecule has 0 spiro atoms. The Kier molecular flexibility index (Phi) is 3.55. The summed E-state index contributed by atoms with van der Waals surface area (Å²) in [6.07, 6.45) is 0. The van der Waals surface area contributed by atoms with Crippen LogP contribution in [0, 0.1) is 25.2 Å². The van der Waals surface area contributed by atoms with Crippen LogP contribution in [0.25, 0.3) is 0 Å². The van der Waals surface area contributed by atoms with E-state index in [1.807, 2.05) is 32.0 Å². The highest BCUT2D eigenvalue weighted by Gasteiger charge is 2.07. The van der Waals surface area contributed by atoms with Crippen LogP contribution in [0.4, 0.5) is 0 Å². The van der Waals surface area contributed by atoms with Crippen molar-refractivity contribution in [1.82, 2.24) is 0 Å². The maximum atomic E-state index is 9.05. The van der Waals surface area contributed by atoms with E-state index < -0.39 is 0 Å². The van der Waals surface area contributed by atoms with Gasteiger partial charge < -0.3 is 4.74 Å². The summed E-state index contributed by atoms with van der Waals surface area (Å²) >= 11 is 5.90. The van der Waals surface area contributed by atoms with Crippen LogP contribution in [0.15, 0.2) is 36.4 Å². The largest absolute Gasteiger partial charge is 0.456 e. The molecule has 2 nitrogen and oxygen atoms in total. The van der Waals surface area contributed by atoms with E-state index >= 15 is 0 Å². The number of hydrogen-bond donors (Lipinski definition) is 0. The topological polar surface area (TPSA) is 33.0 Å². The Morgan fingerprint density at radius 1 is 1.06 bits per heavy atom. The number of ether oxygens (including phenoxy) is 1. The van der Waals surface area contributed by atoms with Crippen molar-refractivity contribution in [2.45, 2.75) is 13.8 Å². The van der Waals surface area contributed by atoms with Crippen molar-refractivity contribution < 1.29 is 4.74 Å². The first-order valence-electron chi connectivity index (χ1n) is 5.55. The van der Waals surface area contributed by atoms with Crippen LogP contribution in [0.5, 0.6) is 11.5 Å². The van der Waals surface area contributed by atoms with E-state index in [1.54, 1.807) is 18.2 Å². The van der Waals surface area contributed by atoms with Gasteiger partial charge in [0.15, 0.2) is 0 Å². The molecule has 0 radical (unpaired) electrons. The highest BCUT2D eigenvalue weighted by atomic mass is 35.5. The van der Waals surface area contributed by atoms with E-state index in [0.29, 0.717) is 22.1 Å². The molecule has 0 heterocycles. The van der Waals surface area contributed by atoms with Gasteiger partial charge in [0.1, 0.15) is 17.6 Å². The Hall–Kier alpha value is -1.98. The lowest BCUT2D eigenvalue weighted by atomic mass is 10.1. The molecule has 0 amide bonds. The molecule has 2 rings (SSSR count). The Bertz CT molecular complexity index is 629. The molecule has 0 unspecified atom stereocenters. The van der Waals surface area contributed by atoms with E-state index in [0.717, 1.165) is 11.1 Å². The fourth-order valence-corrected chi connectivity index (χ4v) is 1.88. The fraction of sp³-hybridized carbons (Fsp3) is 0.133. The summed E-state index contributed by atoms with van der Waals surface area (Å²) in [7, 11) is 0. The molecule has 0 saturated carbocycles. The van der Waals surface area contributed by atoms with Gasteiger partial charge in [-0.3, -0.25) is 0 Å². The summed E-state index contributed by atoms with van der Waals surface area (Å²) in [4.78, 5) is 0. The smallest absolute Gasteiger partial charge is 0.145 e. The van der Waals surface area contributed by atoms with Gasteiger partial charge in [-0.1, -0.05) is 17.7 Å². The van der Waals surface area contributed by atoms with Crippen LogP contribution >= 0.6 is 11.6 Å². The lowest BCUT2D eigenvalue weighted by Crippen LogP contribution is -1.91. The van der Waals surface area contributed by atoms with E-state index in [4.69, 9.17) is 21.6 Å². The minimum atomic E-state index is 0.523. The summed E-state index contributed by atoms with van der Waals surface area (Å²) in [5.74, 6) is 1.28. The van der Waals surface area contributed by atoms with Gasteiger partial charge in [-0.05, 0) is 55.3 Å². The summed E-state index contributed by atoms with van der Waals surface area (Å²) in [5.41, 5.74) is 2.51. The maximum Gasteiger partial charge on any atom is 0.145 e. The van der Waals surface area contributed by atoms with Gasteiger partial charge in [0.05, 0.1) is 5.56 Å². The van der Waals surface area contributed by atoms with Crippen LogP contribution < -0.4 is 4.74 Å². The van der Waals surface area contributed by atoms with Gasteiger partial charge in [-0.25, -0.2) is 0 Å². The quantitative estimate of drug-likeness (QED) is 0.786. The second kappa shape index (κ2) is 5.12. The van der Waals surface area contributed by atoms with Crippen LogP contribution in [-0.2, 0) is 0 Å². The Morgan fingerprint density at radius 3 is 2.50 bits per heavy atom. The number of benzene rings is 2. The lowest BCUT2D eigenvalue weighted by Gasteiger charge is -2.10. The first-order valence-corrected chi connectivity index (χ1v) is 5.92. The molecule has 3 heteroatoms. The molecule has 0 aliphatic carbocycles. The van der Waals surface area contributed by atoms with E-state index in [2.05, 4.69) is 6.07 Å². The number of nitriles is 1. The molecule has 0 aromatic heterocycles. The lowest BCUT2D eigenvalue weighted by molar-refractivity contribution is 0.477. The maximum absolute atomic E-state index is 9.05. The zero-order chi connectivity index (χ0) is 13.1. The molecular weight excluding hydrogens is 246 g/mol. The van der Waals surface area contributed by atoms with E-state index in [-0.39, 0.29) is 0 Å². The molecule has 0 atom stereocenters. The summed E-state index contributed by atoms with van der Waals surface area (Å²) in [5, 5.41) is 9.72. The third kappa shape index (κ3) is 2.64. The Balaban J connectivity index is 2.40. The van der Waals surface area contributed by atoms with Crippen molar-refractivity contribution in [1.29, 1.82) is 5.26 Å². The Morgan fingerprint density at radius 2 is 1.83 bits per heavy atom. The first-order chi connectivity index (χ1) is 8.60. The molecule has 0 bridgehead atoms. The van der Waals surface area contributed by atoms with Gasteiger partial charge in [-0.2, -0.15) is 5.26 Å². The molecule has 0 fully saturated rings. The number of rotatable bonds is 2. The molecule has 0 N–H and O–H groups in total. The molecule has 0 aliphatic rings. The van der Waals surface area contributed by atoms with Crippen LogP contribution in [0.2, 0.25) is 5.02 Å². The number of aryl methyl sites for hydroxylation is 2. The van der Waals surface area contributed by atoms with Crippen LogP contribution in [0.1, 0.15) is 16.7 Å². The summed E-state index contributed by atoms with van der Waals surface area (Å²) in [6.45, 7) is 3.88. The van der Waals surface area contributed by atoms with Gasteiger partial charge in [-0.15, -0.1) is 0 Å². The standard InChI is InChI=1S/C15H12ClNO/c1-10-3-4-12(9-17)15(7-10)18-14-6-5-13(16)8-11(14)2/h3-8H,1-2H3. The average molecular weight is 258 g/mol. The van der Waals surface area contributed by atoms with E-state index in [9.17, 15) is 0 Å². The first kappa shape index (κ1) is 12.5. The van der Waals surface area contributed by atoms with Gasteiger partial charge in [0.25, 0.3) is 0 Å². The third-order valence-corrected chi connectivity index (χ3v) is 2.85. The van der Waals surface area contributed by atoms with Crippen molar-refractivity contribution in [3.63, 3.8) is 0 Å². The van der Waals surface area contributed by atoms with Crippen molar-refractivity contribution in [2.75, 3.05) is 0 Å². The van der Waals surface area contributed by atoms with Gasteiger partial charge >= 0.3 is 0 Å². The van der Waals surface area contributed by atoms with Gasteiger partial charge in [0.2, 0.25) is 0 Å². The average Bonchev–Trinajstić information content (AvgIpc) is 2.33. The Labute approximate surface area is 111 Å². The van der Waals surface area contributed by atoms with Crippen molar-refractivity contribution in [3.05, 3.63) is 58.1 Å². The predicted molar refractivity (Wildman–Crippen MR) is 72.2 cm³/mol. The minimum Gasteiger partial charge on any atom is -0.456 e. The molecule has 18 heavy (non-hydrogen) atoms. The van der Waals surface area contributed by atoms with Crippen LogP contribution in [-0.4, -0.2) is 0 Å². The fourth-order valence-electron chi connectivity index (χ4n) is 1.65. The molecule has 90 valence electrons. The SMILES string of the molecule is Cc1ccc(C#N)c(Oc2ccc(Cl)cc2C)c1. The number of nitrogens with zero attached hydrogens (tertiary/aromatic N) is 1. The second-order valence-corrected chi connectivity index (χ2v) is 4.56. The van der Waals surface area contributed by atoms with Gasteiger partial charge in [0, 0.05) is 5.02 Å².